The van der Waals surface area contributed by atoms with E-state index in [9.17, 15) is 32.8 Å². The molecule has 0 bridgehead atoms. The summed E-state index contributed by atoms with van der Waals surface area (Å²) in [7, 11) is 0. The van der Waals surface area contributed by atoms with Crippen LogP contribution >= 0.6 is 11.3 Å². The number of nitrogens with zero attached hydrogens (tertiary/aromatic N) is 2. The fourth-order valence-corrected chi connectivity index (χ4v) is 3.67. The van der Waals surface area contributed by atoms with E-state index in [1.165, 1.54) is 6.20 Å². The van der Waals surface area contributed by atoms with E-state index in [-0.39, 0.29) is 27.6 Å². The van der Waals surface area contributed by atoms with E-state index in [2.05, 4.69) is 10.6 Å². The molecule has 1 aromatic heterocycles. The van der Waals surface area contributed by atoms with E-state index in [0.717, 1.165) is 15.9 Å². The largest absolute Gasteiger partial charge is 0.405 e. The topological polar surface area (TPSA) is 116 Å². The number of anilines is 2. The predicted molar refractivity (Wildman–Crippen MR) is 120 cm³/mol. The number of aromatic nitrogens is 1. The third kappa shape index (κ3) is 6.95. The summed E-state index contributed by atoms with van der Waals surface area (Å²) in [5, 5.41) is 16.7. The third-order valence-electron chi connectivity index (χ3n) is 4.25. The second-order valence-electron chi connectivity index (χ2n) is 7.12. The van der Waals surface area contributed by atoms with Gasteiger partial charge in [0.05, 0.1) is 0 Å². The minimum atomic E-state index is -4.64. The van der Waals surface area contributed by atoms with Crippen molar-refractivity contribution in [2.75, 3.05) is 17.2 Å². The first-order valence-electron chi connectivity index (χ1n) is 9.83. The van der Waals surface area contributed by atoms with Gasteiger partial charge in [-0.3, -0.25) is 19.0 Å². The molecule has 0 aliphatic heterocycles. The van der Waals surface area contributed by atoms with Gasteiger partial charge in [-0.1, -0.05) is 19.9 Å². The van der Waals surface area contributed by atoms with Crippen molar-refractivity contribution in [2.24, 2.45) is 5.92 Å². The van der Waals surface area contributed by atoms with Crippen molar-refractivity contribution in [3.8, 4) is 6.07 Å². The number of nitriles is 1. The quantitative estimate of drug-likeness (QED) is 0.557. The van der Waals surface area contributed by atoms with Crippen LogP contribution in [0.1, 0.15) is 20.8 Å². The first-order valence-corrected chi connectivity index (χ1v) is 10.6. The Morgan fingerprint density at radius 3 is 2.52 bits per heavy atom. The van der Waals surface area contributed by atoms with Crippen molar-refractivity contribution in [3.63, 3.8) is 0 Å². The lowest BCUT2D eigenvalue weighted by molar-refractivity contribution is -0.135. The number of hydrogen-bond acceptors (Lipinski definition) is 6. The molecule has 0 spiro atoms. The fourth-order valence-electron chi connectivity index (χ4n) is 2.58. The number of hydrogen-bond donors (Lipinski definition) is 3. The summed E-state index contributed by atoms with van der Waals surface area (Å²) in [5.74, 6) is -1.58. The fraction of sp³-hybridized carbons (Fsp3) is 0.333. The Morgan fingerprint density at radius 2 is 1.94 bits per heavy atom. The van der Waals surface area contributed by atoms with E-state index < -0.39 is 29.8 Å². The number of rotatable bonds is 7. The highest BCUT2D eigenvalue weighted by atomic mass is 32.1. The zero-order valence-electron chi connectivity index (χ0n) is 18.0. The molecular formula is C21H22F3N5O3S. The van der Waals surface area contributed by atoms with Gasteiger partial charge in [0, 0.05) is 30.0 Å². The van der Waals surface area contributed by atoms with Crippen molar-refractivity contribution in [1.82, 2.24) is 9.88 Å². The van der Waals surface area contributed by atoms with Gasteiger partial charge in [0.25, 0.3) is 11.5 Å². The summed E-state index contributed by atoms with van der Waals surface area (Å²) in [6.07, 6.45) is -3.27. The van der Waals surface area contributed by atoms with Crippen molar-refractivity contribution < 1.29 is 22.8 Å². The smallest absolute Gasteiger partial charge is 0.360 e. The Hall–Kier alpha value is -3.59. The van der Waals surface area contributed by atoms with E-state index in [4.69, 9.17) is 0 Å². The number of amides is 2. The molecule has 12 heteroatoms. The Morgan fingerprint density at radius 1 is 1.27 bits per heavy atom. The van der Waals surface area contributed by atoms with Gasteiger partial charge in [0.1, 0.15) is 21.8 Å². The van der Waals surface area contributed by atoms with Gasteiger partial charge in [0.15, 0.2) is 5.57 Å². The maximum Gasteiger partial charge on any atom is 0.405 e. The van der Waals surface area contributed by atoms with Crippen LogP contribution in [0.3, 0.4) is 0 Å². The van der Waals surface area contributed by atoms with Gasteiger partial charge < -0.3 is 16.0 Å². The molecule has 3 N–H and O–H groups in total. The summed E-state index contributed by atoms with van der Waals surface area (Å²) in [4.78, 5) is 36.7. The highest BCUT2D eigenvalue weighted by molar-refractivity contribution is 7.07. The standard InChI is InChI=1S/C21H22F3N5O3S/c1-4-29-19(32)16(33-20(29)15(9-25)18(31)27-11-21(22,23)24)10-26-13-6-5-7-14(8-13)28-17(30)12(2)3/h5-8,10,12,26H,4,11H2,1-3H3,(H,27,31)(H,28,30)/b16-10+,20-15-. The maximum atomic E-state index is 12.7. The second-order valence-corrected chi connectivity index (χ2v) is 8.15. The Labute approximate surface area is 191 Å². The lowest BCUT2D eigenvalue weighted by Crippen LogP contribution is -2.37. The van der Waals surface area contributed by atoms with Crippen LogP contribution in [0.15, 0.2) is 29.1 Å². The molecule has 0 fully saturated rings. The molecule has 0 unspecified atom stereocenters. The predicted octanol–water partition coefficient (Wildman–Crippen LogP) is 1.73. The Bertz CT molecular complexity index is 1260. The van der Waals surface area contributed by atoms with Gasteiger partial charge in [-0.05, 0) is 25.1 Å². The molecular weight excluding hydrogens is 459 g/mol. The Balaban J connectivity index is 2.41. The molecule has 8 nitrogen and oxygen atoms in total. The highest BCUT2D eigenvalue weighted by Crippen LogP contribution is 2.16. The van der Waals surface area contributed by atoms with Crippen LogP contribution in [0.4, 0.5) is 24.5 Å². The molecule has 0 aliphatic carbocycles. The van der Waals surface area contributed by atoms with Crippen LogP contribution in [0.2, 0.25) is 0 Å². The first kappa shape index (κ1) is 25.7. The average molecular weight is 482 g/mol. The van der Waals surface area contributed by atoms with Gasteiger partial charge in [0.2, 0.25) is 5.91 Å². The van der Waals surface area contributed by atoms with Crippen molar-refractivity contribution >= 4 is 46.3 Å². The van der Waals surface area contributed by atoms with Crippen LogP contribution in [-0.2, 0) is 16.1 Å². The number of alkyl halides is 3. The van der Waals surface area contributed by atoms with Crippen molar-refractivity contribution in [1.29, 1.82) is 5.26 Å². The van der Waals surface area contributed by atoms with Crippen molar-refractivity contribution in [2.45, 2.75) is 33.5 Å². The van der Waals surface area contributed by atoms with E-state index in [0.29, 0.717) is 11.4 Å². The number of halogens is 3. The van der Waals surface area contributed by atoms with E-state index >= 15 is 0 Å². The van der Waals surface area contributed by atoms with Gasteiger partial charge in [-0.15, -0.1) is 11.3 Å². The minimum absolute atomic E-state index is 0.0457. The van der Waals surface area contributed by atoms with Gasteiger partial charge in [-0.2, -0.15) is 18.4 Å². The summed E-state index contributed by atoms with van der Waals surface area (Å²) >= 11 is 0.804. The third-order valence-corrected chi connectivity index (χ3v) is 5.38. The molecule has 0 saturated heterocycles. The lowest BCUT2D eigenvalue weighted by Gasteiger charge is -2.09. The van der Waals surface area contributed by atoms with Crippen LogP contribution in [0, 0.1) is 17.2 Å². The van der Waals surface area contributed by atoms with Gasteiger partial charge >= 0.3 is 6.18 Å². The zero-order valence-corrected chi connectivity index (χ0v) is 18.9. The summed E-state index contributed by atoms with van der Waals surface area (Å²) in [6.45, 7) is 3.64. The average Bonchev–Trinajstić information content (AvgIpc) is 3.06. The SMILES string of the molecule is CCn1c(=O)/c(=C\Nc2cccc(NC(=O)C(C)C)c2)s/c1=C(/C#N)C(=O)NCC(F)(F)F. The molecule has 1 heterocycles. The highest BCUT2D eigenvalue weighted by Gasteiger charge is 2.28. The van der Waals surface area contributed by atoms with Crippen molar-refractivity contribution in [3.05, 3.63) is 43.8 Å². The lowest BCUT2D eigenvalue weighted by atomic mass is 10.2. The molecule has 0 atom stereocenters. The summed E-state index contributed by atoms with van der Waals surface area (Å²) in [6, 6.07) is 8.34. The maximum absolute atomic E-state index is 12.7. The number of thiazole rings is 1. The summed E-state index contributed by atoms with van der Waals surface area (Å²) < 4.78 is 38.4. The molecule has 2 aromatic rings. The van der Waals surface area contributed by atoms with Crippen LogP contribution < -0.4 is 30.7 Å². The van der Waals surface area contributed by atoms with E-state index in [1.807, 2.05) is 0 Å². The molecule has 0 saturated carbocycles. The molecule has 33 heavy (non-hydrogen) atoms. The molecule has 2 amide bonds. The molecule has 0 radical (unpaired) electrons. The normalized spacial score (nSPS) is 12.8. The molecule has 2 rings (SSSR count). The number of carbonyl (C=O) groups excluding carboxylic acids is 2. The molecule has 0 aliphatic rings. The van der Waals surface area contributed by atoms with Crippen LogP contribution in [0.5, 0.6) is 0 Å². The second kappa shape index (κ2) is 10.8. The summed E-state index contributed by atoms with van der Waals surface area (Å²) in [5.41, 5.74) is 0.0135. The number of carbonyl (C=O) groups is 2. The van der Waals surface area contributed by atoms with Gasteiger partial charge in [-0.25, -0.2) is 0 Å². The number of nitrogens with one attached hydrogen (secondary N) is 3. The zero-order chi connectivity index (χ0) is 24.8. The minimum Gasteiger partial charge on any atom is -0.360 e. The molecule has 176 valence electrons. The van der Waals surface area contributed by atoms with Crippen LogP contribution in [-0.4, -0.2) is 29.1 Å². The Kier molecular flexibility index (Phi) is 8.42. The molecule has 1 aromatic carbocycles. The monoisotopic (exact) mass is 481 g/mol. The number of benzene rings is 1. The van der Waals surface area contributed by atoms with Crippen LogP contribution in [0.25, 0.3) is 11.8 Å². The first-order chi connectivity index (χ1) is 15.5. The van der Waals surface area contributed by atoms with E-state index in [1.54, 1.807) is 56.4 Å².